The largest absolute Gasteiger partial charge is 0.479 e. The van der Waals surface area contributed by atoms with Gasteiger partial charge in [0.15, 0.2) is 18.3 Å². The highest BCUT2D eigenvalue weighted by atomic mass is 16.5. The van der Waals surface area contributed by atoms with Gasteiger partial charge in [-0.05, 0) is 38.5 Å². The van der Waals surface area contributed by atoms with Crippen LogP contribution in [-0.2, 0) is 14.4 Å². The van der Waals surface area contributed by atoms with Crippen LogP contribution in [-0.4, -0.2) is 51.5 Å². The van der Waals surface area contributed by atoms with Crippen molar-refractivity contribution in [3.63, 3.8) is 0 Å². The molecule has 3 aromatic rings. The van der Waals surface area contributed by atoms with Gasteiger partial charge in [-0.3, -0.25) is 4.79 Å². The fourth-order valence-corrected chi connectivity index (χ4v) is 3.02. The highest BCUT2D eigenvalue weighted by Crippen LogP contribution is 2.33. The molecule has 0 aliphatic heterocycles. The molecule has 0 fully saturated rings. The van der Waals surface area contributed by atoms with Crippen molar-refractivity contribution in [2.75, 3.05) is 0 Å². The molecule has 1 aromatic heterocycles. The van der Waals surface area contributed by atoms with Crippen LogP contribution in [0.25, 0.3) is 22.1 Å². The molecule has 1 heterocycles. The van der Waals surface area contributed by atoms with Crippen LogP contribution in [0.4, 0.5) is 0 Å². The third kappa shape index (κ3) is 5.69. The lowest BCUT2D eigenvalue weighted by molar-refractivity contribution is -0.145. The van der Waals surface area contributed by atoms with Crippen LogP contribution >= 0.6 is 0 Å². The summed E-state index contributed by atoms with van der Waals surface area (Å²) < 4.78 is 21.7. The van der Waals surface area contributed by atoms with E-state index in [0.29, 0.717) is 5.56 Å². The second-order valence-electron chi connectivity index (χ2n) is 7.59. The molecule has 0 radical (unpaired) electrons. The lowest BCUT2D eigenvalue weighted by Crippen LogP contribution is -2.24. The van der Waals surface area contributed by atoms with Crippen LogP contribution in [0.5, 0.6) is 17.2 Å². The van der Waals surface area contributed by atoms with E-state index in [1.165, 1.54) is 63.4 Å². The van der Waals surface area contributed by atoms with Gasteiger partial charge in [0.2, 0.25) is 5.43 Å². The zero-order chi connectivity index (χ0) is 25.9. The monoisotopic (exact) mass is 486 g/mol. The number of aliphatic carboxylic acids is 3. The normalized spacial score (nSPS) is 13.5. The summed E-state index contributed by atoms with van der Waals surface area (Å²) in [6.07, 6.45) is -2.44. The number of carboxylic acid groups (broad SMARTS) is 3. The highest BCUT2D eigenvalue weighted by Gasteiger charge is 2.22. The molecule has 0 spiro atoms. The SMILES string of the molecule is C[C@H](Oc1ccc(-c2coc3cc(O[C@@H](C)C(=O)O)cc(O[C@@H](C)C(=O)O)c3c2=O)cc1)C(=O)O. The molecular formula is C24H22O11. The van der Waals surface area contributed by atoms with Crippen molar-refractivity contribution in [2.24, 2.45) is 0 Å². The lowest BCUT2D eigenvalue weighted by atomic mass is 10.0. The zero-order valence-corrected chi connectivity index (χ0v) is 18.9. The number of rotatable bonds is 10. The van der Waals surface area contributed by atoms with Crippen LogP contribution in [0, 0.1) is 0 Å². The van der Waals surface area contributed by atoms with Crippen molar-refractivity contribution in [2.45, 2.75) is 39.1 Å². The van der Waals surface area contributed by atoms with E-state index in [1.807, 2.05) is 0 Å². The van der Waals surface area contributed by atoms with Crippen molar-refractivity contribution < 1.29 is 48.3 Å². The minimum Gasteiger partial charge on any atom is -0.479 e. The summed E-state index contributed by atoms with van der Waals surface area (Å²) in [6.45, 7) is 3.95. The van der Waals surface area contributed by atoms with Crippen molar-refractivity contribution >= 4 is 28.9 Å². The quantitative estimate of drug-likeness (QED) is 0.385. The Morgan fingerprint density at radius 1 is 0.771 bits per heavy atom. The summed E-state index contributed by atoms with van der Waals surface area (Å²) in [4.78, 5) is 46.8. The minimum atomic E-state index is -1.33. The Kier molecular flexibility index (Phi) is 7.28. The minimum absolute atomic E-state index is 0.00309. The smallest absolute Gasteiger partial charge is 0.344 e. The number of benzene rings is 2. The number of carboxylic acids is 3. The fourth-order valence-electron chi connectivity index (χ4n) is 3.02. The fraction of sp³-hybridized carbons (Fsp3) is 0.250. The van der Waals surface area contributed by atoms with Gasteiger partial charge < -0.3 is 33.9 Å². The van der Waals surface area contributed by atoms with Crippen LogP contribution in [0.3, 0.4) is 0 Å². The van der Waals surface area contributed by atoms with Crippen molar-refractivity contribution in [1.29, 1.82) is 0 Å². The van der Waals surface area contributed by atoms with Gasteiger partial charge >= 0.3 is 17.9 Å². The Labute approximate surface area is 198 Å². The average molecular weight is 486 g/mol. The predicted octanol–water partition coefficient (Wildman–Crippen LogP) is 3.02. The van der Waals surface area contributed by atoms with Crippen LogP contribution in [0.2, 0.25) is 0 Å². The molecule has 3 rings (SSSR count). The number of ether oxygens (including phenoxy) is 3. The van der Waals surface area contributed by atoms with Crippen LogP contribution < -0.4 is 19.6 Å². The van der Waals surface area contributed by atoms with Crippen molar-refractivity contribution in [3.8, 4) is 28.4 Å². The Bertz CT molecular complexity index is 1320. The van der Waals surface area contributed by atoms with Gasteiger partial charge in [0.1, 0.15) is 34.5 Å². The highest BCUT2D eigenvalue weighted by molar-refractivity contribution is 5.89. The molecule has 35 heavy (non-hydrogen) atoms. The van der Waals surface area contributed by atoms with Gasteiger partial charge in [0.25, 0.3) is 0 Å². The summed E-state index contributed by atoms with van der Waals surface area (Å²) >= 11 is 0. The van der Waals surface area contributed by atoms with E-state index in [2.05, 4.69) is 0 Å². The lowest BCUT2D eigenvalue weighted by Gasteiger charge is -2.16. The summed E-state index contributed by atoms with van der Waals surface area (Å²) in [5.41, 5.74) is 0.00433. The summed E-state index contributed by atoms with van der Waals surface area (Å²) in [5.74, 6) is -3.51. The summed E-state index contributed by atoms with van der Waals surface area (Å²) in [7, 11) is 0. The van der Waals surface area contributed by atoms with E-state index in [0.717, 1.165) is 0 Å². The van der Waals surface area contributed by atoms with E-state index < -0.39 is 41.6 Å². The molecular weight excluding hydrogens is 464 g/mol. The molecule has 184 valence electrons. The molecule has 11 nitrogen and oxygen atoms in total. The average Bonchev–Trinajstić information content (AvgIpc) is 2.79. The number of hydrogen-bond acceptors (Lipinski definition) is 8. The van der Waals surface area contributed by atoms with E-state index in [-0.39, 0.29) is 33.8 Å². The molecule has 0 amide bonds. The van der Waals surface area contributed by atoms with E-state index >= 15 is 0 Å². The summed E-state index contributed by atoms with van der Waals surface area (Å²) in [6, 6.07) is 8.59. The second-order valence-corrected chi connectivity index (χ2v) is 7.59. The van der Waals surface area contributed by atoms with E-state index in [1.54, 1.807) is 0 Å². The Morgan fingerprint density at radius 2 is 1.29 bits per heavy atom. The van der Waals surface area contributed by atoms with Gasteiger partial charge in [0, 0.05) is 12.1 Å². The van der Waals surface area contributed by atoms with Gasteiger partial charge in [-0.1, -0.05) is 12.1 Å². The topological polar surface area (TPSA) is 170 Å². The van der Waals surface area contributed by atoms with Gasteiger partial charge in [-0.25, -0.2) is 14.4 Å². The van der Waals surface area contributed by atoms with E-state index in [9.17, 15) is 24.3 Å². The maximum atomic E-state index is 13.4. The standard InChI is InChI=1S/C24H22O11/c1-11(22(26)27)33-15-6-4-14(5-7-15)17-10-32-18-8-16(34-12(2)23(28)29)9-19(20(18)21(17)25)35-13(3)24(30)31/h4-13H,1-3H3,(H,26,27)(H,28,29)(H,30,31)/t11-,12-,13-/m0/s1. The number of fused-ring (bicyclic) bond motifs is 1. The Hall–Kier alpha value is -4.54. The molecule has 0 bridgehead atoms. The maximum Gasteiger partial charge on any atom is 0.344 e. The molecule has 0 aliphatic carbocycles. The molecule has 0 saturated heterocycles. The maximum absolute atomic E-state index is 13.4. The van der Waals surface area contributed by atoms with Crippen LogP contribution in [0.1, 0.15) is 20.8 Å². The molecule has 0 aliphatic rings. The molecule has 0 saturated carbocycles. The Balaban J connectivity index is 2.08. The third-order valence-corrected chi connectivity index (χ3v) is 4.95. The van der Waals surface area contributed by atoms with Crippen molar-refractivity contribution in [1.82, 2.24) is 0 Å². The number of hydrogen-bond donors (Lipinski definition) is 3. The predicted molar refractivity (Wildman–Crippen MR) is 121 cm³/mol. The zero-order valence-electron chi connectivity index (χ0n) is 18.9. The number of carbonyl (C=O) groups is 3. The first-order valence-corrected chi connectivity index (χ1v) is 10.4. The Morgan fingerprint density at radius 3 is 1.83 bits per heavy atom. The van der Waals surface area contributed by atoms with Crippen molar-refractivity contribution in [3.05, 3.63) is 52.9 Å². The van der Waals surface area contributed by atoms with Gasteiger partial charge in [0.05, 0.1) is 5.56 Å². The second kappa shape index (κ2) is 10.2. The molecule has 11 heteroatoms. The first kappa shape index (κ1) is 25.1. The molecule has 0 unspecified atom stereocenters. The first-order chi connectivity index (χ1) is 16.5. The van der Waals surface area contributed by atoms with Gasteiger partial charge in [-0.2, -0.15) is 0 Å². The van der Waals surface area contributed by atoms with E-state index in [4.69, 9.17) is 28.8 Å². The van der Waals surface area contributed by atoms with Crippen LogP contribution in [0.15, 0.2) is 51.9 Å². The van der Waals surface area contributed by atoms with Gasteiger partial charge in [-0.15, -0.1) is 0 Å². The molecule has 3 N–H and O–H groups in total. The molecule has 3 atom stereocenters. The molecule has 2 aromatic carbocycles. The summed E-state index contributed by atoms with van der Waals surface area (Å²) in [5, 5.41) is 27.2. The first-order valence-electron chi connectivity index (χ1n) is 10.4. The third-order valence-electron chi connectivity index (χ3n) is 4.95.